The molecule has 0 aromatic carbocycles. The molecule has 0 heteroatoms. The Morgan fingerprint density at radius 3 is 0.833 bits per heavy atom. The Bertz CT molecular complexity index is 639. The van der Waals surface area contributed by atoms with Crippen molar-refractivity contribution in [1.29, 1.82) is 0 Å². The Balaban J connectivity index is 3.98. The fraction of sp³-hybridized carbons (Fsp3) is 1.00. The molecule has 0 aromatic heterocycles. The minimum Gasteiger partial charge on any atom is -0.0596 e. The van der Waals surface area contributed by atoms with E-state index >= 15 is 0 Å². The van der Waals surface area contributed by atoms with E-state index in [1.165, 1.54) is 0 Å². The van der Waals surface area contributed by atoms with Gasteiger partial charge in [-0.1, -0.05) is 138 Å². The monoisotopic (exact) mass is 420 g/mol. The van der Waals surface area contributed by atoms with Gasteiger partial charge in [0.05, 0.1) is 0 Å². The van der Waals surface area contributed by atoms with Gasteiger partial charge in [-0.2, -0.15) is 0 Å². The van der Waals surface area contributed by atoms with E-state index in [9.17, 15) is 0 Å². The minimum atomic E-state index is 0.101. The molecule has 0 aliphatic heterocycles. The highest BCUT2D eigenvalue weighted by Crippen LogP contribution is 2.85. The molecule has 0 saturated heterocycles. The van der Waals surface area contributed by atoms with Crippen molar-refractivity contribution in [2.75, 3.05) is 0 Å². The maximum absolute atomic E-state index is 2.64. The van der Waals surface area contributed by atoms with E-state index in [4.69, 9.17) is 0 Å². The predicted octanol–water partition coefficient (Wildman–Crippen LogP) is 10.3. The lowest BCUT2D eigenvalue weighted by Gasteiger charge is -2.70. The lowest BCUT2D eigenvalue weighted by atomic mass is 9.34. The van der Waals surface area contributed by atoms with E-state index in [0.29, 0.717) is 0 Å². The molecule has 0 spiro atoms. The van der Waals surface area contributed by atoms with Crippen LogP contribution in [0, 0.1) is 54.1 Å². The van der Waals surface area contributed by atoms with E-state index in [0.717, 1.165) is 0 Å². The summed E-state index contributed by atoms with van der Waals surface area (Å²) >= 11 is 0. The predicted molar refractivity (Wildman–Crippen MR) is 138 cm³/mol. The van der Waals surface area contributed by atoms with Gasteiger partial charge in [0.15, 0.2) is 0 Å². The lowest BCUT2D eigenvalue weighted by Crippen LogP contribution is -2.64. The topological polar surface area (TPSA) is 0 Å². The molecule has 30 heavy (non-hydrogen) atoms. The van der Waals surface area contributed by atoms with Gasteiger partial charge in [-0.15, -0.1) is 0 Å². The highest BCUT2D eigenvalue weighted by Gasteiger charge is 2.79. The van der Waals surface area contributed by atoms with Crippen molar-refractivity contribution in [1.82, 2.24) is 0 Å². The molecule has 0 unspecified atom stereocenters. The zero-order valence-electron chi connectivity index (χ0n) is 25.0. The zero-order valence-corrected chi connectivity index (χ0v) is 25.0. The summed E-state index contributed by atoms with van der Waals surface area (Å²) < 4.78 is 0. The van der Waals surface area contributed by atoms with Gasteiger partial charge in [-0.25, -0.2) is 0 Å². The van der Waals surface area contributed by atoms with E-state index < -0.39 is 0 Å². The van der Waals surface area contributed by atoms with E-state index in [1.807, 2.05) is 0 Å². The first-order valence-corrected chi connectivity index (χ1v) is 12.5. The van der Waals surface area contributed by atoms with Crippen molar-refractivity contribution in [3.63, 3.8) is 0 Å². The Kier molecular flexibility index (Phi) is 5.90. The first-order valence-electron chi connectivity index (χ1n) is 12.5. The van der Waals surface area contributed by atoms with E-state index in [-0.39, 0.29) is 54.1 Å². The summed E-state index contributed by atoms with van der Waals surface area (Å²) in [6.45, 7) is 50.8. The fourth-order valence-electron chi connectivity index (χ4n) is 8.28. The molecule has 0 N–H and O–H groups in total. The van der Waals surface area contributed by atoms with Crippen molar-refractivity contribution in [2.45, 2.75) is 138 Å². The fourth-order valence-corrected chi connectivity index (χ4v) is 8.28. The first kappa shape index (κ1) is 28.0. The average molecular weight is 421 g/mol. The van der Waals surface area contributed by atoms with Gasteiger partial charge in [0, 0.05) is 0 Å². The molecule has 1 rings (SSSR count). The maximum Gasteiger partial charge on any atom is -0.0156 e. The smallest absolute Gasteiger partial charge is 0.0156 e. The van der Waals surface area contributed by atoms with Crippen molar-refractivity contribution < 1.29 is 0 Å². The molecule has 0 amide bonds. The molecule has 0 aromatic rings. The summed E-state index contributed by atoms with van der Waals surface area (Å²) in [6, 6.07) is 0. The molecule has 0 bridgehead atoms. The van der Waals surface area contributed by atoms with E-state index in [1.54, 1.807) is 0 Å². The Morgan fingerprint density at radius 2 is 0.600 bits per heavy atom. The summed E-state index contributed by atoms with van der Waals surface area (Å²) in [4.78, 5) is 0. The van der Waals surface area contributed by atoms with Gasteiger partial charge in [-0.3, -0.25) is 0 Å². The third-order valence-corrected chi connectivity index (χ3v) is 15.0. The van der Waals surface area contributed by atoms with Crippen molar-refractivity contribution >= 4 is 0 Å². The van der Waals surface area contributed by atoms with Crippen LogP contribution in [-0.2, 0) is 0 Å². The highest BCUT2D eigenvalue weighted by molar-refractivity contribution is 5.26. The van der Waals surface area contributed by atoms with Crippen LogP contribution < -0.4 is 0 Å². The average Bonchev–Trinajstić information content (AvgIpc) is 2.55. The third kappa shape index (κ3) is 2.52. The second kappa shape index (κ2) is 6.32. The maximum atomic E-state index is 2.64. The van der Waals surface area contributed by atoms with Crippen LogP contribution in [0.25, 0.3) is 0 Å². The standard InChI is InChI=1S/C30H60/c1-21(2,3)22(4,5)23(6,7)24(8,9)27(14,15)30(20)28(16,17)25(10,11)26(12,13)29(30,18)19/h1-20H3. The molecule has 180 valence electrons. The van der Waals surface area contributed by atoms with Crippen LogP contribution in [0.3, 0.4) is 0 Å². The Hall–Kier alpha value is 0. The lowest BCUT2D eigenvalue weighted by molar-refractivity contribution is -0.223. The molecule has 0 heterocycles. The zero-order chi connectivity index (χ0) is 25.0. The second-order valence-corrected chi connectivity index (χ2v) is 16.4. The molecule has 1 saturated carbocycles. The summed E-state index contributed by atoms with van der Waals surface area (Å²) in [5.41, 5.74) is 1.66. The van der Waals surface area contributed by atoms with Crippen LogP contribution in [0.2, 0.25) is 0 Å². The van der Waals surface area contributed by atoms with Crippen LogP contribution >= 0.6 is 0 Å². The Labute approximate surface area is 192 Å². The molecular weight excluding hydrogens is 360 g/mol. The normalized spacial score (nSPS) is 26.0. The second-order valence-electron chi connectivity index (χ2n) is 16.4. The van der Waals surface area contributed by atoms with E-state index in [2.05, 4.69) is 138 Å². The molecule has 0 atom stereocenters. The molecule has 1 fully saturated rings. The summed E-state index contributed by atoms with van der Waals surface area (Å²) in [6.07, 6.45) is 0. The molecular formula is C30H60. The van der Waals surface area contributed by atoms with Crippen molar-refractivity contribution in [3.05, 3.63) is 0 Å². The summed E-state index contributed by atoms with van der Waals surface area (Å²) in [5, 5.41) is 0. The van der Waals surface area contributed by atoms with Crippen LogP contribution in [0.5, 0.6) is 0 Å². The molecule has 1 aliphatic rings. The molecule has 0 nitrogen and oxygen atoms in total. The van der Waals surface area contributed by atoms with Crippen molar-refractivity contribution in [2.24, 2.45) is 54.1 Å². The highest BCUT2D eigenvalue weighted by atomic mass is 14.8. The minimum absolute atomic E-state index is 0.101. The van der Waals surface area contributed by atoms with Gasteiger partial charge >= 0.3 is 0 Å². The molecule has 0 radical (unpaired) electrons. The third-order valence-electron chi connectivity index (χ3n) is 15.0. The van der Waals surface area contributed by atoms with Crippen LogP contribution in [0.1, 0.15) is 138 Å². The quantitative estimate of drug-likeness (QED) is 0.424. The summed E-state index contributed by atoms with van der Waals surface area (Å²) in [7, 11) is 0. The van der Waals surface area contributed by atoms with Gasteiger partial charge in [-0.05, 0) is 54.1 Å². The van der Waals surface area contributed by atoms with Crippen molar-refractivity contribution in [3.8, 4) is 0 Å². The Morgan fingerprint density at radius 1 is 0.333 bits per heavy atom. The van der Waals surface area contributed by atoms with Crippen LogP contribution in [0.15, 0.2) is 0 Å². The summed E-state index contributed by atoms with van der Waals surface area (Å²) in [5.74, 6) is 0. The SMILES string of the molecule is CC(C)(C)C(C)(C)C(C)(C)C(C)(C)C(C)(C)C1(C)C(C)(C)C(C)(C)C(C)(C)C1(C)C. The van der Waals surface area contributed by atoms with Gasteiger partial charge in [0.25, 0.3) is 0 Å². The molecule has 1 aliphatic carbocycles. The van der Waals surface area contributed by atoms with Gasteiger partial charge in [0.1, 0.15) is 0 Å². The number of hydrogen-bond acceptors (Lipinski definition) is 0. The van der Waals surface area contributed by atoms with Crippen LogP contribution in [0.4, 0.5) is 0 Å². The first-order chi connectivity index (χ1) is 12.5. The van der Waals surface area contributed by atoms with Crippen LogP contribution in [-0.4, -0.2) is 0 Å². The number of rotatable bonds is 4. The van der Waals surface area contributed by atoms with Gasteiger partial charge < -0.3 is 0 Å². The number of hydrogen-bond donors (Lipinski definition) is 0. The largest absolute Gasteiger partial charge is 0.0596 e. The van der Waals surface area contributed by atoms with Gasteiger partial charge in [0.2, 0.25) is 0 Å².